The SMILES string of the molecule is O=C(Cc1cn2ccsc2n1)Nc1ccc(N2CCCCCC2)cc1. The zero-order valence-electron chi connectivity index (χ0n) is 14.1. The minimum absolute atomic E-state index is 0.0340. The maximum absolute atomic E-state index is 12.2. The number of hydrogen-bond acceptors (Lipinski definition) is 4. The van der Waals surface area contributed by atoms with E-state index in [4.69, 9.17) is 0 Å². The van der Waals surface area contributed by atoms with Crippen LogP contribution in [0, 0.1) is 0 Å². The summed E-state index contributed by atoms with van der Waals surface area (Å²) in [4.78, 5) is 20.1. The second-order valence-corrected chi connectivity index (χ2v) is 7.37. The van der Waals surface area contributed by atoms with E-state index in [1.165, 1.54) is 31.4 Å². The lowest BCUT2D eigenvalue weighted by Crippen LogP contribution is -2.23. The number of thiazole rings is 1. The van der Waals surface area contributed by atoms with Crippen LogP contribution in [0.5, 0.6) is 0 Å². The number of carbonyl (C=O) groups is 1. The smallest absolute Gasteiger partial charge is 0.230 e. The molecule has 2 aromatic heterocycles. The predicted molar refractivity (Wildman–Crippen MR) is 103 cm³/mol. The van der Waals surface area contributed by atoms with E-state index in [2.05, 4.69) is 27.3 Å². The minimum Gasteiger partial charge on any atom is -0.372 e. The van der Waals surface area contributed by atoms with Crippen LogP contribution in [0.15, 0.2) is 42.0 Å². The lowest BCUT2D eigenvalue weighted by atomic mass is 10.2. The molecule has 0 saturated carbocycles. The number of nitrogens with zero attached hydrogens (tertiary/aromatic N) is 3. The van der Waals surface area contributed by atoms with E-state index in [1.54, 1.807) is 11.3 Å². The number of anilines is 2. The Hall–Kier alpha value is -2.34. The molecule has 0 atom stereocenters. The molecule has 1 fully saturated rings. The van der Waals surface area contributed by atoms with Crippen molar-refractivity contribution >= 4 is 33.6 Å². The third-order valence-electron chi connectivity index (χ3n) is 4.61. The summed E-state index contributed by atoms with van der Waals surface area (Å²) in [6, 6.07) is 8.19. The second kappa shape index (κ2) is 7.27. The molecule has 0 spiro atoms. The molecule has 1 saturated heterocycles. The highest BCUT2D eigenvalue weighted by Crippen LogP contribution is 2.21. The number of nitrogens with one attached hydrogen (secondary N) is 1. The lowest BCUT2D eigenvalue weighted by molar-refractivity contribution is -0.115. The van der Waals surface area contributed by atoms with Gasteiger partial charge in [0.05, 0.1) is 12.1 Å². The molecule has 4 rings (SSSR count). The number of rotatable bonds is 4. The van der Waals surface area contributed by atoms with Gasteiger partial charge in [0, 0.05) is 42.2 Å². The van der Waals surface area contributed by atoms with Crippen molar-refractivity contribution in [1.82, 2.24) is 9.38 Å². The van der Waals surface area contributed by atoms with E-state index >= 15 is 0 Å². The normalized spacial score (nSPS) is 15.3. The van der Waals surface area contributed by atoms with Gasteiger partial charge in [0.2, 0.25) is 5.91 Å². The topological polar surface area (TPSA) is 49.6 Å². The van der Waals surface area contributed by atoms with Crippen molar-refractivity contribution < 1.29 is 4.79 Å². The van der Waals surface area contributed by atoms with Crippen LogP contribution in [0.25, 0.3) is 4.96 Å². The summed E-state index contributed by atoms with van der Waals surface area (Å²) in [5.41, 5.74) is 2.88. The van der Waals surface area contributed by atoms with Gasteiger partial charge in [-0.3, -0.25) is 9.20 Å². The fraction of sp³-hybridized carbons (Fsp3) is 0.368. The summed E-state index contributed by atoms with van der Waals surface area (Å²) in [6.07, 6.45) is 9.35. The Bertz CT molecular complexity index is 815. The van der Waals surface area contributed by atoms with Crippen molar-refractivity contribution in [3.05, 3.63) is 47.7 Å². The van der Waals surface area contributed by atoms with Crippen LogP contribution in [0.4, 0.5) is 11.4 Å². The van der Waals surface area contributed by atoms with Gasteiger partial charge in [-0.2, -0.15) is 0 Å². The number of imidazole rings is 1. The first-order valence-electron chi connectivity index (χ1n) is 8.84. The molecule has 0 bridgehead atoms. The molecule has 1 aromatic carbocycles. The van der Waals surface area contributed by atoms with Crippen LogP contribution in [-0.2, 0) is 11.2 Å². The molecule has 1 aliphatic rings. The first kappa shape index (κ1) is 16.1. The Kier molecular flexibility index (Phi) is 4.70. The molecule has 1 aliphatic heterocycles. The van der Waals surface area contributed by atoms with Gasteiger partial charge >= 0.3 is 0 Å². The van der Waals surface area contributed by atoms with E-state index < -0.39 is 0 Å². The molecule has 1 N–H and O–H groups in total. The molecule has 130 valence electrons. The summed E-state index contributed by atoms with van der Waals surface area (Å²) in [6.45, 7) is 2.26. The van der Waals surface area contributed by atoms with E-state index in [0.29, 0.717) is 6.42 Å². The van der Waals surface area contributed by atoms with Crippen LogP contribution in [0.3, 0.4) is 0 Å². The second-order valence-electron chi connectivity index (χ2n) is 6.50. The Morgan fingerprint density at radius 1 is 1.12 bits per heavy atom. The van der Waals surface area contributed by atoms with Gasteiger partial charge in [0.1, 0.15) is 0 Å². The van der Waals surface area contributed by atoms with Gasteiger partial charge < -0.3 is 10.2 Å². The van der Waals surface area contributed by atoms with Gasteiger partial charge in [0.25, 0.3) is 0 Å². The zero-order chi connectivity index (χ0) is 17.1. The van der Waals surface area contributed by atoms with E-state index in [9.17, 15) is 4.79 Å². The van der Waals surface area contributed by atoms with Gasteiger partial charge in [-0.05, 0) is 37.1 Å². The maximum Gasteiger partial charge on any atom is 0.230 e. The molecule has 5 nitrogen and oxygen atoms in total. The van der Waals surface area contributed by atoms with Crippen molar-refractivity contribution in [2.75, 3.05) is 23.3 Å². The quantitative estimate of drug-likeness (QED) is 0.771. The Balaban J connectivity index is 1.36. The van der Waals surface area contributed by atoms with Crippen LogP contribution >= 0.6 is 11.3 Å². The number of amides is 1. The molecule has 0 radical (unpaired) electrons. The van der Waals surface area contributed by atoms with Gasteiger partial charge in [-0.25, -0.2) is 4.98 Å². The number of carbonyl (C=O) groups excluding carboxylic acids is 1. The lowest BCUT2D eigenvalue weighted by Gasteiger charge is -2.22. The third-order valence-corrected chi connectivity index (χ3v) is 5.38. The third kappa shape index (κ3) is 3.85. The number of hydrogen-bond donors (Lipinski definition) is 1. The molecule has 25 heavy (non-hydrogen) atoms. The summed E-state index contributed by atoms with van der Waals surface area (Å²) in [7, 11) is 0. The highest BCUT2D eigenvalue weighted by molar-refractivity contribution is 7.15. The number of fused-ring (bicyclic) bond motifs is 1. The van der Waals surface area contributed by atoms with E-state index in [0.717, 1.165) is 29.4 Å². The van der Waals surface area contributed by atoms with Gasteiger partial charge in [-0.15, -0.1) is 11.3 Å². The molecule has 3 heterocycles. The summed E-state index contributed by atoms with van der Waals surface area (Å²) in [5, 5.41) is 4.95. The van der Waals surface area contributed by atoms with Crippen LogP contribution in [-0.4, -0.2) is 28.4 Å². The fourth-order valence-corrected chi connectivity index (χ4v) is 4.03. The highest BCUT2D eigenvalue weighted by Gasteiger charge is 2.11. The van der Waals surface area contributed by atoms with Crippen LogP contribution in [0.2, 0.25) is 0 Å². The van der Waals surface area contributed by atoms with Crippen molar-refractivity contribution in [3.8, 4) is 0 Å². The molecule has 0 aliphatic carbocycles. The first-order valence-corrected chi connectivity index (χ1v) is 9.72. The maximum atomic E-state index is 12.2. The highest BCUT2D eigenvalue weighted by atomic mass is 32.1. The molecular formula is C19H22N4OS. The van der Waals surface area contributed by atoms with Crippen molar-refractivity contribution in [1.29, 1.82) is 0 Å². The molecular weight excluding hydrogens is 332 g/mol. The Morgan fingerprint density at radius 3 is 2.60 bits per heavy atom. The predicted octanol–water partition coefficient (Wildman–Crippen LogP) is 3.96. The Labute approximate surface area is 151 Å². The molecule has 0 unspecified atom stereocenters. The van der Waals surface area contributed by atoms with E-state index in [1.807, 2.05) is 34.3 Å². The van der Waals surface area contributed by atoms with E-state index in [-0.39, 0.29) is 5.91 Å². The van der Waals surface area contributed by atoms with Crippen molar-refractivity contribution in [2.24, 2.45) is 0 Å². The summed E-state index contributed by atoms with van der Waals surface area (Å²) in [5.74, 6) is -0.0340. The number of benzene rings is 1. The molecule has 3 aromatic rings. The largest absolute Gasteiger partial charge is 0.372 e. The van der Waals surface area contributed by atoms with Crippen molar-refractivity contribution in [3.63, 3.8) is 0 Å². The zero-order valence-corrected chi connectivity index (χ0v) is 15.0. The average Bonchev–Trinajstić information content (AvgIpc) is 3.07. The standard InChI is InChI=1S/C19H22N4OS/c24-18(13-16-14-23-11-12-25-19(23)21-16)20-15-5-7-17(8-6-15)22-9-3-1-2-4-10-22/h5-8,11-12,14H,1-4,9-10,13H2,(H,20,24). The first-order chi connectivity index (χ1) is 12.3. The van der Waals surface area contributed by atoms with Gasteiger partial charge in [0.15, 0.2) is 4.96 Å². The summed E-state index contributed by atoms with van der Waals surface area (Å²) < 4.78 is 1.95. The van der Waals surface area contributed by atoms with Crippen molar-refractivity contribution in [2.45, 2.75) is 32.1 Å². The summed E-state index contributed by atoms with van der Waals surface area (Å²) >= 11 is 1.57. The fourth-order valence-electron chi connectivity index (χ4n) is 3.32. The molecule has 1 amide bonds. The van der Waals surface area contributed by atoms with Crippen LogP contribution in [0.1, 0.15) is 31.4 Å². The minimum atomic E-state index is -0.0340. The van der Waals surface area contributed by atoms with Gasteiger partial charge in [-0.1, -0.05) is 12.8 Å². The van der Waals surface area contributed by atoms with Crippen LogP contribution < -0.4 is 10.2 Å². The molecule has 6 heteroatoms. The average molecular weight is 354 g/mol. The monoisotopic (exact) mass is 354 g/mol. The number of aromatic nitrogens is 2. The Morgan fingerprint density at radius 2 is 1.88 bits per heavy atom.